The van der Waals surface area contributed by atoms with Crippen molar-refractivity contribution in [2.45, 2.75) is 90.1 Å². The summed E-state index contributed by atoms with van der Waals surface area (Å²) in [6.07, 6.45) is 9.06. The SMILES string of the molecule is CCC(CC)C[C@@H]1CCc2cc(O)ccc2[C@@H]1c1ccc(N2CCC(CN3CCN(c4ccc5c(c4)CN(C4CCC(=O)NC4=O)C5=O)CC3)CC2)cc1. The molecule has 3 aromatic carbocycles. The fraction of sp³-hybridized carbons (Fsp3) is 0.533. The van der Waals surface area contributed by atoms with Crippen LogP contribution in [0.2, 0.25) is 0 Å². The Bertz CT molecular complexity index is 1840. The van der Waals surface area contributed by atoms with Crippen molar-refractivity contribution in [3.8, 4) is 5.75 Å². The molecule has 0 spiro atoms. The van der Waals surface area contributed by atoms with Crippen LogP contribution in [0.1, 0.15) is 104 Å². The summed E-state index contributed by atoms with van der Waals surface area (Å²) in [6.45, 7) is 12.4. The van der Waals surface area contributed by atoms with Gasteiger partial charge in [0.2, 0.25) is 11.8 Å². The molecule has 3 fully saturated rings. The van der Waals surface area contributed by atoms with Crippen molar-refractivity contribution in [2.75, 3.05) is 55.6 Å². The molecular weight excluding hydrogens is 675 g/mol. The highest BCUT2D eigenvalue weighted by atomic mass is 16.3. The van der Waals surface area contributed by atoms with E-state index in [4.69, 9.17) is 0 Å². The number of amides is 3. The third-order valence-corrected chi connectivity index (χ3v) is 13.5. The van der Waals surface area contributed by atoms with Crippen LogP contribution in [0.15, 0.2) is 60.7 Å². The Hall–Kier alpha value is -4.37. The zero-order valence-electron chi connectivity index (χ0n) is 32.1. The second-order valence-corrected chi connectivity index (χ2v) is 16.6. The van der Waals surface area contributed by atoms with Crippen LogP contribution in [-0.4, -0.2) is 84.5 Å². The number of nitrogens with one attached hydrogen (secondary N) is 1. The van der Waals surface area contributed by atoms with E-state index in [1.54, 1.807) is 4.90 Å². The minimum absolute atomic E-state index is 0.117. The van der Waals surface area contributed by atoms with E-state index in [1.807, 2.05) is 18.2 Å². The topological polar surface area (TPSA) is 96.4 Å². The van der Waals surface area contributed by atoms with E-state index in [0.717, 1.165) is 69.4 Å². The number of nitrogens with zero attached hydrogens (tertiary/aromatic N) is 4. The quantitative estimate of drug-likeness (QED) is 0.224. The number of benzene rings is 3. The monoisotopic (exact) mass is 731 g/mol. The Morgan fingerprint density at radius 1 is 0.759 bits per heavy atom. The summed E-state index contributed by atoms with van der Waals surface area (Å²) in [5.41, 5.74) is 8.24. The highest BCUT2D eigenvalue weighted by Crippen LogP contribution is 2.45. The largest absolute Gasteiger partial charge is 0.508 e. The number of anilines is 2. The highest BCUT2D eigenvalue weighted by Gasteiger charge is 2.39. The molecule has 0 aromatic heterocycles. The molecule has 1 aliphatic carbocycles. The van der Waals surface area contributed by atoms with Gasteiger partial charge in [-0.25, -0.2) is 0 Å². The minimum Gasteiger partial charge on any atom is -0.508 e. The average Bonchev–Trinajstić information content (AvgIpc) is 3.52. The second kappa shape index (κ2) is 15.8. The maximum Gasteiger partial charge on any atom is 0.255 e. The predicted octanol–water partition coefficient (Wildman–Crippen LogP) is 6.71. The number of hydrogen-bond acceptors (Lipinski definition) is 7. The predicted molar refractivity (Wildman–Crippen MR) is 213 cm³/mol. The number of piperidine rings is 2. The number of piperazine rings is 1. The lowest BCUT2D eigenvalue weighted by Gasteiger charge is -2.40. The van der Waals surface area contributed by atoms with Crippen molar-refractivity contribution in [1.82, 2.24) is 15.1 Å². The van der Waals surface area contributed by atoms with Crippen LogP contribution in [0.3, 0.4) is 0 Å². The number of hydrogen-bond donors (Lipinski definition) is 2. The molecule has 3 atom stereocenters. The van der Waals surface area contributed by atoms with Gasteiger partial charge in [-0.3, -0.25) is 24.6 Å². The summed E-state index contributed by atoms with van der Waals surface area (Å²) in [7, 11) is 0. The molecule has 0 radical (unpaired) electrons. The number of phenols is 1. The van der Waals surface area contributed by atoms with Crippen LogP contribution in [0.25, 0.3) is 0 Å². The van der Waals surface area contributed by atoms with Crippen LogP contribution in [0.4, 0.5) is 11.4 Å². The number of rotatable bonds is 10. The first-order valence-electron chi connectivity index (χ1n) is 20.7. The van der Waals surface area contributed by atoms with Crippen molar-refractivity contribution >= 4 is 29.1 Å². The summed E-state index contributed by atoms with van der Waals surface area (Å²) in [6, 6.07) is 21.1. The van der Waals surface area contributed by atoms with Gasteiger partial charge >= 0.3 is 0 Å². The third-order valence-electron chi connectivity index (χ3n) is 13.5. The molecule has 8 rings (SSSR count). The standard InChI is InChI=1S/C45H57N5O4/c1-3-30(4-2)25-34-6-5-33-27-38(51)12-14-39(33)43(34)32-7-9-36(10-8-32)48-19-17-31(18-20-48)28-47-21-23-49(24-22-47)37-11-13-40-35(26-37)29-50(45(40)54)41-15-16-42(52)46-44(41)53/h7-14,26-27,30-31,34,41,43,51H,3-6,15-25,28-29H2,1-2H3,(H,46,52,53)/t34-,41?,43+/m0/s1. The fourth-order valence-electron chi connectivity index (χ4n) is 10.2. The first kappa shape index (κ1) is 36.6. The first-order valence-corrected chi connectivity index (χ1v) is 20.7. The van der Waals surface area contributed by atoms with Gasteiger partial charge in [-0.05, 0) is 121 Å². The summed E-state index contributed by atoms with van der Waals surface area (Å²) in [5, 5.41) is 12.6. The van der Waals surface area contributed by atoms with Crippen molar-refractivity contribution in [1.29, 1.82) is 0 Å². The summed E-state index contributed by atoms with van der Waals surface area (Å²) < 4.78 is 0. The number of carbonyl (C=O) groups is 3. The molecule has 9 nitrogen and oxygen atoms in total. The van der Waals surface area contributed by atoms with E-state index in [0.29, 0.717) is 42.0 Å². The minimum atomic E-state index is -0.582. The smallest absolute Gasteiger partial charge is 0.255 e. The van der Waals surface area contributed by atoms with E-state index in [-0.39, 0.29) is 24.1 Å². The molecule has 3 saturated heterocycles. The molecule has 2 N–H and O–H groups in total. The van der Waals surface area contributed by atoms with Crippen LogP contribution in [-0.2, 0) is 22.6 Å². The Kier molecular flexibility index (Phi) is 10.7. The van der Waals surface area contributed by atoms with Crippen LogP contribution in [0.5, 0.6) is 5.75 Å². The molecule has 0 saturated carbocycles. The van der Waals surface area contributed by atoms with Crippen molar-refractivity contribution < 1.29 is 19.5 Å². The molecular formula is C45H57N5O4. The van der Waals surface area contributed by atoms with Crippen molar-refractivity contribution in [3.63, 3.8) is 0 Å². The van der Waals surface area contributed by atoms with Gasteiger partial charge in [0.25, 0.3) is 5.91 Å². The van der Waals surface area contributed by atoms with Crippen LogP contribution in [0, 0.1) is 17.8 Å². The van der Waals surface area contributed by atoms with Gasteiger partial charge in [0.15, 0.2) is 0 Å². The number of aromatic hydroxyl groups is 1. The van der Waals surface area contributed by atoms with Gasteiger partial charge in [-0.2, -0.15) is 0 Å². The molecule has 54 heavy (non-hydrogen) atoms. The fourth-order valence-corrected chi connectivity index (χ4v) is 10.2. The molecule has 1 unspecified atom stereocenters. The summed E-state index contributed by atoms with van der Waals surface area (Å²) >= 11 is 0. The lowest BCUT2D eigenvalue weighted by Crippen LogP contribution is -2.52. The van der Waals surface area contributed by atoms with Gasteiger partial charge in [0, 0.05) is 81.6 Å². The van der Waals surface area contributed by atoms with E-state index in [2.05, 4.69) is 76.3 Å². The normalized spacial score (nSPS) is 23.9. The van der Waals surface area contributed by atoms with Crippen LogP contribution >= 0.6 is 0 Å². The molecule has 3 aromatic rings. The number of fused-ring (bicyclic) bond motifs is 2. The summed E-state index contributed by atoms with van der Waals surface area (Å²) in [5.74, 6) is 2.12. The molecule has 4 heterocycles. The maximum absolute atomic E-state index is 13.2. The first-order chi connectivity index (χ1) is 26.3. The van der Waals surface area contributed by atoms with Gasteiger partial charge in [-0.15, -0.1) is 0 Å². The van der Waals surface area contributed by atoms with Gasteiger partial charge in [-0.1, -0.05) is 44.9 Å². The van der Waals surface area contributed by atoms with Crippen molar-refractivity contribution in [2.24, 2.45) is 17.8 Å². The lowest BCUT2D eigenvalue weighted by molar-refractivity contribution is -0.136. The van der Waals surface area contributed by atoms with Gasteiger partial charge < -0.3 is 19.8 Å². The number of aryl methyl sites for hydroxylation is 1. The van der Waals surface area contributed by atoms with E-state index in [9.17, 15) is 19.5 Å². The Morgan fingerprint density at radius 3 is 2.20 bits per heavy atom. The Morgan fingerprint density at radius 2 is 1.48 bits per heavy atom. The van der Waals surface area contributed by atoms with Gasteiger partial charge in [0.1, 0.15) is 11.8 Å². The lowest BCUT2D eigenvalue weighted by atomic mass is 9.68. The number of phenolic OH excluding ortho intramolecular Hbond substituents is 1. The molecule has 3 amide bonds. The average molecular weight is 732 g/mol. The third kappa shape index (κ3) is 7.48. The van der Waals surface area contributed by atoms with E-state index < -0.39 is 6.04 Å². The summed E-state index contributed by atoms with van der Waals surface area (Å²) in [4.78, 5) is 46.5. The zero-order chi connectivity index (χ0) is 37.3. The van der Waals surface area contributed by atoms with E-state index in [1.165, 1.54) is 60.9 Å². The molecule has 5 aliphatic rings. The highest BCUT2D eigenvalue weighted by molar-refractivity contribution is 6.05. The van der Waals surface area contributed by atoms with Crippen LogP contribution < -0.4 is 15.1 Å². The molecule has 9 heteroatoms. The second-order valence-electron chi connectivity index (χ2n) is 16.6. The van der Waals surface area contributed by atoms with Crippen molar-refractivity contribution in [3.05, 3.63) is 88.5 Å². The maximum atomic E-state index is 13.2. The molecule has 0 bridgehead atoms. The zero-order valence-corrected chi connectivity index (χ0v) is 32.1. The number of carbonyl (C=O) groups excluding carboxylic acids is 3. The number of imide groups is 1. The molecule has 4 aliphatic heterocycles. The van der Waals surface area contributed by atoms with E-state index >= 15 is 0 Å². The molecule has 286 valence electrons. The Balaban J connectivity index is 0.830. The van der Waals surface area contributed by atoms with Gasteiger partial charge in [0.05, 0.1) is 0 Å². The Labute approximate surface area is 320 Å².